The Morgan fingerprint density at radius 3 is 2.03 bits per heavy atom. The maximum atomic E-state index is 5.62. The van der Waals surface area contributed by atoms with Crippen molar-refractivity contribution in [3.8, 4) is 22.8 Å². The van der Waals surface area contributed by atoms with Gasteiger partial charge in [-0.3, -0.25) is 0 Å². The molecule has 2 saturated heterocycles. The Kier molecular flexibility index (Phi) is 5.17. The summed E-state index contributed by atoms with van der Waals surface area (Å²) in [5.41, 5.74) is 4.76. The maximum Gasteiger partial charge on any atom is 0.227 e. The fourth-order valence-electron chi connectivity index (χ4n) is 5.25. The molecule has 3 heterocycles. The van der Waals surface area contributed by atoms with Gasteiger partial charge in [0.25, 0.3) is 0 Å². The van der Waals surface area contributed by atoms with Gasteiger partial charge in [0, 0.05) is 43.2 Å². The van der Waals surface area contributed by atoms with Crippen molar-refractivity contribution in [2.24, 2.45) is 0 Å². The Morgan fingerprint density at radius 1 is 0.800 bits per heavy atom. The molecule has 1 atom stereocenters. The molecule has 1 unspecified atom stereocenters. The van der Waals surface area contributed by atoms with E-state index in [4.69, 9.17) is 19.4 Å². The highest BCUT2D eigenvalue weighted by atomic mass is 16.5. The highest BCUT2D eigenvalue weighted by Crippen LogP contribution is 2.51. The van der Waals surface area contributed by atoms with Crippen molar-refractivity contribution in [1.29, 1.82) is 0 Å². The van der Waals surface area contributed by atoms with E-state index in [2.05, 4.69) is 28.9 Å². The van der Waals surface area contributed by atoms with Crippen molar-refractivity contribution in [1.82, 2.24) is 9.97 Å². The van der Waals surface area contributed by atoms with Crippen LogP contribution >= 0.6 is 0 Å². The van der Waals surface area contributed by atoms with Crippen LogP contribution in [0.5, 0.6) is 11.5 Å². The van der Waals surface area contributed by atoms with Crippen LogP contribution < -0.4 is 19.3 Å². The second-order valence-corrected chi connectivity index (χ2v) is 8.72. The average molecular weight is 409 g/mol. The summed E-state index contributed by atoms with van der Waals surface area (Å²) >= 11 is 0. The number of benzene rings is 1. The lowest BCUT2D eigenvalue weighted by atomic mass is 9.98. The van der Waals surface area contributed by atoms with Crippen LogP contribution in [0, 0.1) is 0 Å². The topological polar surface area (TPSA) is 50.7 Å². The zero-order valence-corrected chi connectivity index (χ0v) is 18.4. The Morgan fingerprint density at radius 2 is 1.40 bits per heavy atom. The van der Waals surface area contributed by atoms with Crippen molar-refractivity contribution in [2.75, 3.05) is 50.2 Å². The molecule has 1 aromatic heterocycles. The number of piperidine rings is 2. The smallest absolute Gasteiger partial charge is 0.227 e. The number of ether oxygens (including phenoxy) is 2. The first-order chi connectivity index (χ1) is 14.7. The molecule has 30 heavy (non-hydrogen) atoms. The predicted octanol–water partition coefficient (Wildman–Crippen LogP) is 4.61. The fraction of sp³-hybridized carbons (Fsp3) is 0.583. The van der Waals surface area contributed by atoms with Crippen molar-refractivity contribution >= 4 is 11.8 Å². The van der Waals surface area contributed by atoms with Crippen LogP contribution in [0.3, 0.4) is 0 Å². The molecule has 3 aliphatic rings. The molecule has 2 aliphatic heterocycles. The normalized spacial score (nSPS) is 20.7. The van der Waals surface area contributed by atoms with Crippen molar-refractivity contribution in [3.63, 3.8) is 0 Å². The summed E-state index contributed by atoms with van der Waals surface area (Å²) in [6, 6.07) is 4.23. The quantitative estimate of drug-likeness (QED) is 0.737. The van der Waals surface area contributed by atoms with E-state index in [0.29, 0.717) is 0 Å². The monoisotopic (exact) mass is 408 g/mol. The number of aromatic nitrogens is 2. The molecule has 0 N–H and O–H groups in total. The van der Waals surface area contributed by atoms with Crippen molar-refractivity contribution in [2.45, 2.75) is 51.4 Å². The third-order valence-corrected chi connectivity index (χ3v) is 6.92. The minimum atomic E-state index is 0.238. The van der Waals surface area contributed by atoms with E-state index in [0.717, 1.165) is 60.7 Å². The van der Waals surface area contributed by atoms with Crippen molar-refractivity contribution < 1.29 is 9.47 Å². The van der Waals surface area contributed by atoms with Gasteiger partial charge >= 0.3 is 0 Å². The zero-order chi connectivity index (χ0) is 20.7. The molecule has 0 radical (unpaired) electrons. The van der Waals surface area contributed by atoms with Crippen LogP contribution in [0.2, 0.25) is 0 Å². The summed E-state index contributed by atoms with van der Waals surface area (Å²) < 4.78 is 11.2. The summed E-state index contributed by atoms with van der Waals surface area (Å²) in [4.78, 5) is 15.2. The fourth-order valence-corrected chi connectivity index (χ4v) is 5.25. The van der Waals surface area contributed by atoms with Crippen LogP contribution in [0.25, 0.3) is 11.3 Å². The first-order valence-corrected chi connectivity index (χ1v) is 11.4. The van der Waals surface area contributed by atoms with Crippen LogP contribution in [0.4, 0.5) is 11.8 Å². The van der Waals surface area contributed by atoms with Gasteiger partial charge in [0.2, 0.25) is 5.95 Å². The van der Waals surface area contributed by atoms with Crippen LogP contribution in [-0.4, -0.2) is 50.4 Å². The summed E-state index contributed by atoms with van der Waals surface area (Å²) in [6.45, 7) is 6.53. The van der Waals surface area contributed by atoms with Crippen LogP contribution in [0.1, 0.15) is 62.5 Å². The van der Waals surface area contributed by atoms with E-state index < -0.39 is 0 Å². The molecule has 5 rings (SSSR count). The number of hydrogen-bond acceptors (Lipinski definition) is 6. The summed E-state index contributed by atoms with van der Waals surface area (Å²) in [7, 11) is 3.40. The van der Waals surface area contributed by atoms with E-state index in [1.54, 1.807) is 14.2 Å². The van der Waals surface area contributed by atoms with Gasteiger partial charge in [0.05, 0.1) is 19.9 Å². The van der Waals surface area contributed by atoms with E-state index >= 15 is 0 Å². The number of rotatable bonds is 4. The summed E-state index contributed by atoms with van der Waals surface area (Å²) in [5, 5.41) is 0. The lowest BCUT2D eigenvalue weighted by Gasteiger charge is -2.32. The van der Waals surface area contributed by atoms with Crippen LogP contribution in [-0.2, 0) is 0 Å². The number of anilines is 2. The molecule has 0 amide bonds. The van der Waals surface area contributed by atoms with E-state index in [9.17, 15) is 0 Å². The molecule has 0 spiro atoms. The van der Waals surface area contributed by atoms with Crippen LogP contribution in [0.15, 0.2) is 12.1 Å². The third kappa shape index (κ3) is 3.17. The van der Waals surface area contributed by atoms with Gasteiger partial charge < -0.3 is 19.3 Å². The number of nitrogens with zero attached hydrogens (tertiary/aromatic N) is 4. The average Bonchev–Trinajstić information content (AvgIpc) is 3.09. The Hall–Kier alpha value is -2.50. The standard InChI is InChI=1S/C24H32N4O2/c1-16-17-14-19(29-2)20(30-3)15-18(17)22-21(16)23(27-10-6-4-7-11-27)26-24(25-22)28-12-8-5-9-13-28/h14-16H,4-13H2,1-3H3. The Labute approximate surface area is 179 Å². The minimum absolute atomic E-state index is 0.238. The molecule has 2 aromatic rings. The number of fused-ring (bicyclic) bond motifs is 3. The van der Waals surface area contributed by atoms with Gasteiger partial charge in [-0.1, -0.05) is 6.92 Å². The third-order valence-electron chi connectivity index (χ3n) is 6.92. The molecular weight excluding hydrogens is 376 g/mol. The molecule has 1 aromatic carbocycles. The highest BCUT2D eigenvalue weighted by molar-refractivity contribution is 5.83. The molecule has 6 heteroatoms. The predicted molar refractivity (Wildman–Crippen MR) is 120 cm³/mol. The van der Waals surface area contributed by atoms with Crippen molar-refractivity contribution in [3.05, 3.63) is 23.3 Å². The van der Waals surface area contributed by atoms with Gasteiger partial charge in [-0.2, -0.15) is 4.98 Å². The molecule has 1 aliphatic carbocycles. The zero-order valence-electron chi connectivity index (χ0n) is 18.4. The number of methoxy groups -OCH3 is 2. The second-order valence-electron chi connectivity index (χ2n) is 8.72. The molecular formula is C24H32N4O2. The van der Waals surface area contributed by atoms with Gasteiger partial charge in [-0.15, -0.1) is 0 Å². The lowest BCUT2D eigenvalue weighted by molar-refractivity contribution is 0.354. The number of hydrogen-bond donors (Lipinski definition) is 0. The summed E-state index contributed by atoms with van der Waals surface area (Å²) in [5.74, 6) is 3.81. The molecule has 2 fully saturated rings. The van der Waals surface area contributed by atoms with E-state index in [1.807, 2.05) is 0 Å². The first-order valence-electron chi connectivity index (χ1n) is 11.4. The summed E-state index contributed by atoms with van der Waals surface area (Å²) in [6.07, 6.45) is 7.53. The largest absolute Gasteiger partial charge is 0.493 e. The second kappa shape index (κ2) is 7.97. The van der Waals surface area contributed by atoms with Gasteiger partial charge in [-0.25, -0.2) is 4.98 Å². The van der Waals surface area contributed by atoms with Gasteiger partial charge in [-0.05, 0) is 56.2 Å². The van der Waals surface area contributed by atoms with Gasteiger partial charge in [0.1, 0.15) is 5.82 Å². The highest BCUT2D eigenvalue weighted by Gasteiger charge is 2.35. The Balaban J connectivity index is 1.68. The molecule has 0 saturated carbocycles. The molecule has 0 bridgehead atoms. The molecule has 6 nitrogen and oxygen atoms in total. The van der Waals surface area contributed by atoms with E-state index in [-0.39, 0.29) is 5.92 Å². The SMILES string of the molecule is COc1cc2c(cc1OC)C(C)c1c-2nc(N2CCCCC2)nc1N1CCCCC1. The Bertz CT molecular complexity index is 933. The lowest BCUT2D eigenvalue weighted by Crippen LogP contribution is -2.34. The first kappa shape index (κ1) is 19.5. The maximum absolute atomic E-state index is 5.62. The molecule has 160 valence electrons. The minimum Gasteiger partial charge on any atom is -0.493 e. The van der Waals surface area contributed by atoms with E-state index in [1.165, 1.54) is 49.7 Å². The van der Waals surface area contributed by atoms with Gasteiger partial charge in [0.15, 0.2) is 11.5 Å².